The number of anilines is 1. The molecule has 1 amide bonds. The molecular weight excluding hydrogens is 394 g/mol. The quantitative estimate of drug-likeness (QED) is 0.430. The molecule has 1 atom stereocenters. The van der Waals surface area contributed by atoms with Gasteiger partial charge in [0.15, 0.2) is 21.9 Å². The predicted molar refractivity (Wildman–Crippen MR) is 112 cm³/mol. The van der Waals surface area contributed by atoms with Crippen LogP contribution in [0, 0.1) is 6.92 Å². The summed E-state index contributed by atoms with van der Waals surface area (Å²) in [4.78, 5) is 12.4. The Balaban J connectivity index is 1.55. The van der Waals surface area contributed by atoms with Crippen molar-refractivity contribution in [3.05, 3.63) is 59.7 Å². The van der Waals surface area contributed by atoms with E-state index in [9.17, 15) is 4.79 Å². The molecular formula is C20H21N3O3S2. The second-order valence-corrected chi connectivity index (χ2v) is 8.19. The number of aryl methyl sites for hydroxylation is 1. The first-order valence-electron chi connectivity index (χ1n) is 8.68. The molecule has 6 nitrogen and oxygen atoms in total. The van der Waals surface area contributed by atoms with Crippen molar-refractivity contribution in [2.75, 3.05) is 12.4 Å². The molecule has 3 aromatic rings. The number of aromatic nitrogens is 2. The average Bonchev–Trinajstić information content (AvgIpc) is 3.15. The third kappa shape index (κ3) is 5.24. The molecule has 0 aliphatic carbocycles. The third-order valence-electron chi connectivity index (χ3n) is 3.99. The molecule has 0 radical (unpaired) electrons. The summed E-state index contributed by atoms with van der Waals surface area (Å²) in [6.45, 7) is 3.77. The SMILES string of the molecule is COc1ccccc1OC(C)C(=O)Nc1nnc(SCc2ccccc2C)s1. The molecule has 0 saturated carbocycles. The predicted octanol–water partition coefficient (Wildman–Crippen LogP) is 4.55. The Morgan fingerprint density at radius 1 is 1.14 bits per heavy atom. The van der Waals surface area contributed by atoms with E-state index in [1.807, 2.05) is 24.3 Å². The summed E-state index contributed by atoms with van der Waals surface area (Å²) in [5.74, 6) is 1.60. The fraction of sp³-hybridized carbons (Fsp3) is 0.250. The molecule has 8 heteroatoms. The highest BCUT2D eigenvalue weighted by Gasteiger charge is 2.18. The van der Waals surface area contributed by atoms with Crippen molar-refractivity contribution < 1.29 is 14.3 Å². The number of methoxy groups -OCH3 is 1. The highest BCUT2D eigenvalue weighted by atomic mass is 32.2. The Morgan fingerprint density at radius 3 is 2.61 bits per heavy atom. The Morgan fingerprint density at radius 2 is 1.86 bits per heavy atom. The Hall–Kier alpha value is -2.58. The Bertz CT molecular complexity index is 946. The zero-order valence-corrected chi connectivity index (χ0v) is 17.5. The molecule has 3 rings (SSSR count). The Labute approximate surface area is 172 Å². The van der Waals surface area contributed by atoms with Gasteiger partial charge in [-0.15, -0.1) is 10.2 Å². The summed E-state index contributed by atoms with van der Waals surface area (Å²) in [5, 5.41) is 11.4. The highest BCUT2D eigenvalue weighted by Crippen LogP contribution is 2.30. The van der Waals surface area contributed by atoms with E-state index in [0.717, 1.165) is 10.1 Å². The number of amides is 1. The van der Waals surface area contributed by atoms with Crippen LogP contribution in [0.25, 0.3) is 0 Å². The molecule has 0 spiro atoms. The first kappa shape index (κ1) is 20.2. The van der Waals surface area contributed by atoms with Gasteiger partial charge in [-0.25, -0.2) is 0 Å². The van der Waals surface area contributed by atoms with Crippen molar-refractivity contribution in [3.8, 4) is 11.5 Å². The van der Waals surface area contributed by atoms with Crippen molar-refractivity contribution in [1.82, 2.24) is 10.2 Å². The summed E-state index contributed by atoms with van der Waals surface area (Å²) in [7, 11) is 1.56. The first-order chi connectivity index (χ1) is 13.6. The Kier molecular flexibility index (Phi) is 6.89. The molecule has 0 aliphatic heterocycles. The zero-order chi connectivity index (χ0) is 19.9. The third-order valence-corrected chi connectivity index (χ3v) is 6.01. The van der Waals surface area contributed by atoms with Crippen LogP contribution in [-0.4, -0.2) is 29.3 Å². The maximum absolute atomic E-state index is 12.4. The van der Waals surface area contributed by atoms with Crippen molar-refractivity contribution in [2.24, 2.45) is 0 Å². The summed E-state index contributed by atoms with van der Waals surface area (Å²) in [6, 6.07) is 15.4. The van der Waals surface area contributed by atoms with Crippen LogP contribution in [0.3, 0.4) is 0 Å². The number of nitrogens with zero attached hydrogens (tertiary/aromatic N) is 2. The van der Waals surface area contributed by atoms with E-state index >= 15 is 0 Å². The maximum atomic E-state index is 12.4. The molecule has 28 heavy (non-hydrogen) atoms. The lowest BCUT2D eigenvalue weighted by atomic mass is 10.1. The number of hydrogen-bond donors (Lipinski definition) is 1. The molecule has 0 fully saturated rings. The summed E-state index contributed by atoms with van der Waals surface area (Å²) < 4.78 is 11.8. The number of hydrogen-bond acceptors (Lipinski definition) is 7. The van der Waals surface area contributed by atoms with Crippen LogP contribution in [0.2, 0.25) is 0 Å². The van der Waals surface area contributed by atoms with E-state index in [1.54, 1.807) is 37.9 Å². The van der Waals surface area contributed by atoms with E-state index in [-0.39, 0.29) is 5.91 Å². The molecule has 0 bridgehead atoms. The normalized spacial score (nSPS) is 11.7. The van der Waals surface area contributed by atoms with Gasteiger partial charge < -0.3 is 9.47 Å². The van der Waals surface area contributed by atoms with Gasteiger partial charge >= 0.3 is 0 Å². The van der Waals surface area contributed by atoms with Gasteiger partial charge in [0.2, 0.25) is 5.13 Å². The number of para-hydroxylation sites is 2. The summed E-state index contributed by atoms with van der Waals surface area (Å²) >= 11 is 2.94. The standard InChI is InChI=1S/C20H21N3O3S2/c1-13-8-4-5-9-15(13)12-27-20-23-22-19(28-20)21-18(24)14(2)26-17-11-7-6-10-16(17)25-3/h4-11,14H,12H2,1-3H3,(H,21,22,24). The monoisotopic (exact) mass is 415 g/mol. The van der Waals surface area contributed by atoms with E-state index in [4.69, 9.17) is 9.47 Å². The number of carbonyl (C=O) groups is 1. The van der Waals surface area contributed by atoms with E-state index in [1.165, 1.54) is 22.5 Å². The number of nitrogens with one attached hydrogen (secondary N) is 1. The van der Waals surface area contributed by atoms with E-state index < -0.39 is 6.10 Å². The molecule has 0 saturated heterocycles. The van der Waals surface area contributed by atoms with Gasteiger partial charge in [-0.1, -0.05) is 59.5 Å². The van der Waals surface area contributed by atoms with Gasteiger partial charge in [-0.3, -0.25) is 10.1 Å². The van der Waals surface area contributed by atoms with Crippen molar-refractivity contribution in [2.45, 2.75) is 30.0 Å². The summed E-state index contributed by atoms with van der Waals surface area (Å²) in [5.41, 5.74) is 2.50. The van der Waals surface area contributed by atoms with E-state index in [0.29, 0.717) is 16.6 Å². The van der Waals surface area contributed by atoms with Gasteiger partial charge in [-0.2, -0.15) is 0 Å². The van der Waals surface area contributed by atoms with Crippen LogP contribution in [0.4, 0.5) is 5.13 Å². The second kappa shape index (κ2) is 9.57. The minimum Gasteiger partial charge on any atom is -0.493 e. The van der Waals surface area contributed by atoms with Gasteiger partial charge in [0.1, 0.15) is 0 Å². The van der Waals surface area contributed by atoms with E-state index in [2.05, 4.69) is 34.6 Å². The number of thioether (sulfide) groups is 1. The van der Waals surface area contributed by atoms with Crippen LogP contribution < -0.4 is 14.8 Å². The highest BCUT2D eigenvalue weighted by molar-refractivity contribution is 8.00. The van der Waals surface area contributed by atoms with Crippen molar-refractivity contribution in [1.29, 1.82) is 0 Å². The van der Waals surface area contributed by atoms with Gasteiger partial charge in [0.05, 0.1) is 7.11 Å². The lowest BCUT2D eigenvalue weighted by Crippen LogP contribution is -2.30. The smallest absolute Gasteiger partial charge is 0.266 e. The van der Waals surface area contributed by atoms with Crippen LogP contribution in [0.1, 0.15) is 18.1 Å². The zero-order valence-electron chi connectivity index (χ0n) is 15.8. The minimum atomic E-state index is -0.705. The number of rotatable bonds is 8. The molecule has 1 unspecified atom stereocenters. The maximum Gasteiger partial charge on any atom is 0.266 e. The first-order valence-corrected chi connectivity index (χ1v) is 10.5. The number of carbonyl (C=O) groups excluding carboxylic acids is 1. The van der Waals surface area contributed by atoms with Crippen LogP contribution in [0.15, 0.2) is 52.9 Å². The van der Waals surface area contributed by atoms with Gasteiger partial charge in [0.25, 0.3) is 5.91 Å². The molecule has 1 heterocycles. The van der Waals surface area contributed by atoms with Gasteiger partial charge in [-0.05, 0) is 37.1 Å². The van der Waals surface area contributed by atoms with Crippen molar-refractivity contribution >= 4 is 34.1 Å². The molecule has 146 valence electrons. The number of benzene rings is 2. The lowest BCUT2D eigenvalue weighted by molar-refractivity contribution is -0.122. The fourth-order valence-corrected chi connectivity index (χ4v) is 4.23. The molecule has 2 aromatic carbocycles. The summed E-state index contributed by atoms with van der Waals surface area (Å²) in [6.07, 6.45) is -0.705. The van der Waals surface area contributed by atoms with Crippen molar-refractivity contribution in [3.63, 3.8) is 0 Å². The minimum absolute atomic E-state index is 0.294. The molecule has 0 aliphatic rings. The van der Waals surface area contributed by atoms with Crippen LogP contribution in [-0.2, 0) is 10.5 Å². The largest absolute Gasteiger partial charge is 0.493 e. The van der Waals surface area contributed by atoms with Gasteiger partial charge in [0, 0.05) is 5.75 Å². The number of ether oxygens (including phenoxy) is 2. The average molecular weight is 416 g/mol. The topological polar surface area (TPSA) is 73.3 Å². The van der Waals surface area contributed by atoms with Crippen LogP contribution in [0.5, 0.6) is 11.5 Å². The molecule has 1 aromatic heterocycles. The fourth-order valence-electron chi connectivity index (χ4n) is 2.40. The van der Waals surface area contributed by atoms with Crippen LogP contribution >= 0.6 is 23.1 Å². The molecule has 1 N–H and O–H groups in total. The lowest BCUT2D eigenvalue weighted by Gasteiger charge is -2.15. The second-order valence-electron chi connectivity index (χ2n) is 5.99.